The second kappa shape index (κ2) is 8.44. The molecule has 1 aromatic carbocycles. The minimum absolute atomic E-state index is 0.442. The van der Waals surface area contributed by atoms with Crippen LogP contribution in [0.3, 0.4) is 0 Å². The number of hydrogen-bond donors (Lipinski definition) is 2. The van der Waals surface area contributed by atoms with Crippen LogP contribution in [-0.2, 0) is 16.1 Å². The molecule has 0 aliphatic carbocycles. The van der Waals surface area contributed by atoms with Crippen molar-refractivity contribution in [2.45, 2.75) is 26.4 Å². The van der Waals surface area contributed by atoms with Gasteiger partial charge in [-0.2, -0.15) is 0 Å². The molecule has 3 aromatic rings. The van der Waals surface area contributed by atoms with Crippen LogP contribution in [0.4, 0.5) is 5.82 Å². The number of morpholine rings is 1. The van der Waals surface area contributed by atoms with Crippen LogP contribution in [0.1, 0.15) is 27.9 Å². The summed E-state index contributed by atoms with van der Waals surface area (Å²) in [6.45, 7) is 7.96. The standard InChI is InChI=1S/C21H25N5O2S/c1-13-14(2)29-21-17(13)20(23-16(24-21)12-26-8-10-28-11-9-26)25-18(19(22)27)15-6-4-3-5-7-15/h3-7,18H,8-12H2,1-2H3,(H2,22,27)(H,23,24,25). The Bertz CT molecular complexity index is 1010. The van der Waals surface area contributed by atoms with Gasteiger partial charge in [0.2, 0.25) is 5.91 Å². The largest absolute Gasteiger partial charge is 0.379 e. The molecular weight excluding hydrogens is 386 g/mol. The van der Waals surface area contributed by atoms with E-state index >= 15 is 0 Å². The molecule has 1 saturated heterocycles. The molecule has 1 aliphatic rings. The smallest absolute Gasteiger partial charge is 0.244 e. The first-order chi connectivity index (χ1) is 14.0. The summed E-state index contributed by atoms with van der Waals surface area (Å²) in [6.07, 6.45) is 0. The fourth-order valence-corrected chi connectivity index (χ4v) is 4.58. The molecule has 1 unspecified atom stereocenters. The highest BCUT2D eigenvalue weighted by Gasteiger charge is 2.23. The number of primary amides is 1. The summed E-state index contributed by atoms with van der Waals surface area (Å²) in [5.74, 6) is 0.953. The highest BCUT2D eigenvalue weighted by molar-refractivity contribution is 7.18. The maximum absolute atomic E-state index is 12.2. The minimum Gasteiger partial charge on any atom is -0.379 e. The van der Waals surface area contributed by atoms with Crippen molar-refractivity contribution >= 4 is 33.3 Å². The number of carbonyl (C=O) groups is 1. The van der Waals surface area contributed by atoms with Gasteiger partial charge in [-0.25, -0.2) is 9.97 Å². The molecule has 152 valence electrons. The maximum Gasteiger partial charge on any atom is 0.244 e. The van der Waals surface area contributed by atoms with Gasteiger partial charge in [0, 0.05) is 18.0 Å². The number of rotatable bonds is 6. The average Bonchev–Trinajstić information content (AvgIpc) is 3.01. The Hall–Kier alpha value is -2.55. The lowest BCUT2D eigenvalue weighted by Crippen LogP contribution is -2.36. The number of fused-ring (bicyclic) bond motifs is 1. The van der Waals surface area contributed by atoms with Gasteiger partial charge in [0.1, 0.15) is 22.5 Å². The summed E-state index contributed by atoms with van der Waals surface area (Å²) >= 11 is 1.65. The summed E-state index contributed by atoms with van der Waals surface area (Å²) in [6, 6.07) is 8.82. The lowest BCUT2D eigenvalue weighted by molar-refractivity contribution is -0.118. The number of anilines is 1. The average molecular weight is 412 g/mol. The third kappa shape index (κ3) is 4.24. The third-order valence-corrected chi connectivity index (χ3v) is 6.34. The van der Waals surface area contributed by atoms with Crippen LogP contribution >= 0.6 is 11.3 Å². The number of ether oxygens (including phenoxy) is 1. The first-order valence-corrected chi connectivity index (χ1v) is 10.5. The zero-order valence-corrected chi connectivity index (χ0v) is 17.5. The van der Waals surface area contributed by atoms with Gasteiger partial charge < -0.3 is 15.8 Å². The number of benzene rings is 1. The van der Waals surface area contributed by atoms with Gasteiger partial charge in [-0.3, -0.25) is 9.69 Å². The SMILES string of the molecule is Cc1sc2nc(CN3CCOCC3)nc(NC(C(N)=O)c3ccccc3)c2c1C. The van der Waals surface area contributed by atoms with Crippen molar-refractivity contribution in [3.8, 4) is 0 Å². The normalized spacial score (nSPS) is 16.1. The van der Waals surface area contributed by atoms with Gasteiger partial charge in [-0.1, -0.05) is 30.3 Å². The molecule has 2 aromatic heterocycles. The van der Waals surface area contributed by atoms with Crippen molar-refractivity contribution in [3.05, 3.63) is 52.2 Å². The van der Waals surface area contributed by atoms with E-state index in [-0.39, 0.29) is 0 Å². The summed E-state index contributed by atoms with van der Waals surface area (Å²) in [4.78, 5) is 26.2. The topological polar surface area (TPSA) is 93.4 Å². The Labute approximate surface area is 173 Å². The Morgan fingerprint density at radius 1 is 1.24 bits per heavy atom. The van der Waals surface area contributed by atoms with Gasteiger partial charge in [0.05, 0.1) is 25.1 Å². The molecule has 1 fully saturated rings. The molecule has 0 spiro atoms. The van der Waals surface area contributed by atoms with Crippen molar-refractivity contribution in [1.29, 1.82) is 0 Å². The Balaban J connectivity index is 1.73. The number of nitrogens with zero attached hydrogens (tertiary/aromatic N) is 3. The number of nitrogens with one attached hydrogen (secondary N) is 1. The highest BCUT2D eigenvalue weighted by Crippen LogP contribution is 2.35. The monoisotopic (exact) mass is 411 g/mol. The predicted molar refractivity (Wildman–Crippen MR) is 115 cm³/mol. The number of thiophene rings is 1. The number of aryl methyl sites for hydroxylation is 2. The van der Waals surface area contributed by atoms with E-state index in [1.54, 1.807) is 11.3 Å². The molecule has 1 amide bonds. The van der Waals surface area contributed by atoms with Gasteiger partial charge in [0.25, 0.3) is 0 Å². The van der Waals surface area contributed by atoms with Crippen molar-refractivity contribution in [2.24, 2.45) is 5.73 Å². The molecule has 3 N–H and O–H groups in total. The molecule has 0 bridgehead atoms. The van der Waals surface area contributed by atoms with E-state index in [4.69, 9.17) is 20.4 Å². The molecule has 0 saturated carbocycles. The summed E-state index contributed by atoms with van der Waals surface area (Å²) in [5.41, 5.74) is 7.66. The van der Waals surface area contributed by atoms with Crippen molar-refractivity contribution < 1.29 is 9.53 Å². The zero-order chi connectivity index (χ0) is 20.4. The minimum atomic E-state index is -0.662. The molecule has 1 atom stereocenters. The maximum atomic E-state index is 12.2. The lowest BCUT2D eigenvalue weighted by atomic mass is 10.1. The Morgan fingerprint density at radius 3 is 2.66 bits per heavy atom. The van der Waals surface area contributed by atoms with E-state index in [0.29, 0.717) is 12.4 Å². The Morgan fingerprint density at radius 2 is 1.97 bits per heavy atom. The van der Waals surface area contributed by atoms with E-state index in [9.17, 15) is 4.79 Å². The number of carbonyl (C=O) groups excluding carboxylic acids is 1. The predicted octanol–water partition coefficient (Wildman–Crippen LogP) is 2.78. The van der Waals surface area contributed by atoms with Gasteiger partial charge in [-0.15, -0.1) is 11.3 Å². The first-order valence-electron chi connectivity index (χ1n) is 9.70. The summed E-state index contributed by atoms with van der Waals surface area (Å²) in [5, 5.41) is 4.27. The second-order valence-electron chi connectivity index (χ2n) is 7.23. The van der Waals surface area contributed by atoms with Crippen LogP contribution < -0.4 is 11.1 Å². The zero-order valence-electron chi connectivity index (χ0n) is 16.6. The van der Waals surface area contributed by atoms with Gasteiger partial charge in [-0.05, 0) is 25.0 Å². The molecule has 29 heavy (non-hydrogen) atoms. The molecule has 7 nitrogen and oxygen atoms in total. The van der Waals surface area contributed by atoms with Crippen LogP contribution in [0, 0.1) is 13.8 Å². The van der Waals surface area contributed by atoms with Crippen LogP contribution in [-0.4, -0.2) is 47.1 Å². The second-order valence-corrected chi connectivity index (χ2v) is 8.43. The van der Waals surface area contributed by atoms with Crippen molar-refractivity contribution in [3.63, 3.8) is 0 Å². The van der Waals surface area contributed by atoms with E-state index < -0.39 is 11.9 Å². The molecule has 3 heterocycles. The molecule has 4 rings (SSSR count). The van der Waals surface area contributed by atoms with Crippen LogP contribution in [0.2, 0.25) is 0 Å². The van der Waals surface area contributed by atoms with Crippen LogP contribution in [0.15, 0.2) is 30.3 Å². The highest BCUT2D eigenvalue weighted by atomic mass is 32.1. The number of hydrogen-bond acceptors (Lipinski definition) is 7. The summed E-state index contributed by atoms with van der Waals surface area (Å²) < 4.78 is 5.43. The fraction of sp³-hybridized carbons (Fsp3) is 0.381. The van der Waals surface area contributed by atoms with Crippen molar-refractivity contribution in [1.82, 2.24) is 14.9 Å². The molecule has 0 radical (unpaired) electrons. The van der Waals surface area contributed by atoms with E-state index in [1.165, 1.54) is 4.88 Å². The van der Waals surface area contributed by atoms with E-state index in [2.05, 4.69) is 24.1 Å². The third-order valence-electron chi connectivity index (χ3n) is 5.24. The summed E-state index contributed by atoms with van der Waals surface area (Å²) in [7, 11) is 0. The molecule has 8 heteroatoms. The number of nitrogens with two attached hydrogens (primary N) is 1. The first kappa shape index (κ1) is 19.8. The van der Waals surface area contributed by atoms with Crippen LogP contribution in [0.5, 0.6) is 0 Å². The molecular formula is C21H25N5O2S. The van der Waals surface area contributed by atoms with Crippen molar-refractivity contribution in [2.75, 3.05) is 31.6 Å². The lowest BCUT2D eigenvalue weighted by Gasteiger charge is -2.26. The fourth-order valence-electron chi connectivity index (χ4n) is 3.53. The van der Waals surface area contributed by atoms with E-state index in [1.807, 2.05) is 30.3 Å². The Kier molecular flexibility index (Phi) is 5.75. The quantitative estimate of drug-likeness (QED) is 0.648. The number of amides is 1. The number of aromatic nitrogens is 2. The van der Waals surface area contributed by atoms with E-state index in [0.717, 1.165) is 53.5 Å². The van der Waals surface area contributed by atoms with Gasteiger partial charge in [0.15, 0.2) is 0 Å². The molecule has 1 aliphatic heterocycles. The van der Waals surface area contributed by atoms with Crippen LogP contribution in [0.25, 0.3) is 10.2 Å². The van der Waals surface area contributed by atoms with Gasteiger partial charge >= 0.3 is 0 Å².